The zero-order valence-electron chi connectivity index (χ0n) is 10.5. The fraction of sp³-hybridized carbons (Fsp3) is 1.00. The Morgan fingerprint density at radius 1 is 1.12 bits per heavy atom. The summed E-state index contributed by atoms with van der Waals surface area (Å²) in [5.74, 6) is 0. The van der Waals surface area contributed by atoms with Crippen molar-refractivity contribution in [2.45, 2.75) is 58.3 Å². The lowest BCUT2D eigenvalue weighted by atomic mass is 10.2. The van der Waals surface area contributed by atoms with Gasteiger partial charge >= 0.3 is 0 Å². The highest BCUT2D eigenvalue weighted by Crippen LogP contribution is 2.02. The predicted molar refractivity (Wildman–Crippen MR) is 63.2 cm³/mol. The Kier molecular flexibility index (Phi) is 11.2. The Bertz CT molecular complexity index is 141. The van der Waals surface area contributed by atoms with E-state index in [0.29, 0.717) is 13.0 Å². The molecule has 0 rings (SSSR count). The molecule has 0 aromatic rings. The van der Waals surface area contributed by atoms with E-state index < -0.39 is 6.29 Å². The van der Waals surface area contributed by atoms with Gasteiger partial charge in [-0.1, -0.05) is 19.8 Å². The van der Waals surface area contributed by atoms with Crippen molar-refractivity contribution in [3.8, 4) is 0 Å². The molecule has 0 aromatic heterocycles. The van der Waals surface area contributed by atoms with Crippen LogP contribution in [0.5, 0.6) is 0 Å². The molecule has 0 aliphatic heterocycles. The van der Waals surface area contributed by atoms with Crippen LogP contribution in [0.4, 0.5) is 0 Å². The van der Waals surface area contributed by atoms with Gasteiger partial charge in [0.2, 0.25) is 0 Å². The summed E-state index contributed by atoms with van der Waals surface area (Å²) in [6.07, 6.45) is 3.90. The highest BCUT2D eigenvalue weighted by molar-refractivity contribution is 4.49. The average molecular weight is 234 g/mol. The van der Waals surface area contributed by atoms with Gasteiger partial charge in [0, 0.05) is 13.2 Å². The summed E-state index contributed by atoms with van der Waals surface area (Å²) in [7, 11) is 0. The molecule has 0 aliphatic carbocycles. The van der Waals surface area contributed by atoms with Gasteiger partial charge < -0.3 is 19.7 Å². The fourth-order valence-electron chi connectivity index (χ4n) is 1.32. The van der Waals surface area contributed by atoms with E-state index in [4.69, 9.17) is 14.6 Å². The summed E-state index contributed by atoms with van der Waals surface area (Å²) in [6, 6.07) is 0. The van der Waals surface area contributed by atoms with E-state index in [9.17, 15) is 5.11 Å². The molecule has 0 aliphatic rings. The minimum Gasteiger partial charge on any atom is -0.396 e. The molecule has 0 radical (unpaired) electrons. The van der Waals surface area contributed by atoms with Crippen molar-refractivity contribution in [3.63, 3.8) is 0 Å². The van der Waals surface area contributed by atoms with Gasteiger partial charge in [-0.25, -0.2) is 0 Å². The maximum absolute atomic E-state index is 9.23. The first-order valence-electron chi connectivity index (χ1n) is 6.22. The summed E-state index contributed by atoms with van der Waals surface area (Å²) in [6.45, 7) is 5.29. The molecule has 0 spiro atoms. The highest BCUT2D eigenvalue weighted by atomic mass is 16.6. The summed E-state index contributed by atoms with van der Waals surface area (Å²) < 4.78 is 10.7. The third-order valence-electron chi connectivity index (χ3n) is 2.29. The van der Waals surface area contributed by atoms with Crippen LogP contribution >= 0.6 is 0 Å². The normalized spacial score (nSPS) is 15.0. The SMILES string of the molecule is CCC(O)OC(C)COCCCCCCO. The van der Waals surface area contributed by atoms with E-state index >= 15 is 0 Å². The van der Waals surface area contributed by atoms with Gasteiger partial charge in [-0.05, 0) is 26.2 Å². The molecule has 98 valence electrons. The third kappa shape index (κ3) is 10.4. The van der Waals surface area contributed by atoms with Crippen LogP contribution in [0, 0.1) is 0 Å². The van der Waals surface area contributed by atoms with E-state index in [-0.39, 0.29) is 12.7 Å². The van der Waals surface area contributed by atoms with E-state index in [1.165, 1.54) is 0 Å². The van der Waals surface area contributed by atoms with Crippen molar-refractivity contribution in [2.24, 2.45) is 0 Å². The van der Waals surface area contributed by atoms with Crippen LogP contribution < -0.4 is 0 Å². The first-order chi connectivity index (χ1) is 7.70. The van der Waals surface area contributed by atoms with Crippen LogP contribution in [-0.2, 0) is 9.47 Å². The van der Waals surface area contributed by atoms with Crippen LogP contribution in [0.25, 0.3) is 0 Å². The molecule has 0 saturated carbocycles. The maximum Gasteiger partial charge on any atom is 0.154 e. The monoisotopic (exact) mass is 234 g/mol. The van der Waals surface area contributed by atoms with E-state index in [0.717, 1.165) is 32.3 Å². The van der Waals surface area contributed by atoms with Crippen molar-refractivity contribution in [2.75, 3.05) is 19.8 Å². The summed E-state index contributed by atoms with van der Waals surface area (Å²) >= 11 is 0. The Morgan fingerprint density at radius 2 is 1.81 bits per heavy atom. The Hall–Kier alpha value is -0.160. The van der Waals surface area contributed by atoms with Gasteiger partial charge in [0.25, 0.3) is 0 Å². The maximum atomic E-state index is 9.23. The second-order valence-electron chi connectivity index (χ2n) is 4.02. The van der Waals surface area contributed by atoms with Crippen LogP contribution in [0.3, 0.4) is 0 Å². The second kappa shape index (κ2) is 11.3. The van der Waals surface area contributed by atoms with Crippen molar-refractivity contribution < 1.29 is 19.7 Å². The fourth-order valence-corrected chi connectivity index (χ4v) is 1.32. The minimum absolute atomic E-state index is 0.0626. The molecule has 0 amide bonds. The molecule has 0 fully saturated rings. The molecular weight excluding hydrogens is 208 g/mol. The van der Waals surface area contributed by atoms with E-state index in [1.807, 2.05) is 13.8 Å². The lowest BCUT2D eigenvalue weighted by molar-refractivity contribution is -0.147. The molecule has 2 unspecified atom stereocenters. The zero-order chi connectivity index (χ0) is 12.2. The number of aliphatic hydroxyl groups is 2. The molecule has 0 bridgehead atoms. The molecule has 2 atom stereocenters. The van der Waals surface area contributed by atoms with Gasteiger partial charge in [-0.15, -0.1) is 0 Å². The molecule has 0 aromatic carbocycles. The van der Waals surface area contributed by atoms with Gasteiger partial charge in [-0.2, -0.15) is 0 Å². The van der Waals surface area contributed by atoms with Gasteiger partial charge in [0.15, 0.2) is 6.29 Å². The minimum atomic E-state index is -0.678. The Balaban J connectivity index is 3.18. The van der Waals surface area contributed by atoms with Crippen LogP contribution in [0.2, 0.25) is 0 Å². The number of hydrogen-bond donors (Lipinski definition) is 2. The van der Waals surface area contributed by atoms with E-state index in [1.54, 1.807) is 0 Å². The molecule has 16 heavy (non-hydrogen) atoms. The third-order valence-corrected chi connectivity index (χ3v) is 2.29. The zero-order valence-corrected chi connectivity index (χ0v) is 10.5. The Morgan fingerprint density at radius 3 is 2.44 bits per heavy atom. The molecule has 2 N–H and O–H groups in total. The number of aliphatic hydroxyl groups excluding tert-OH is 2. The second-order valence-corrected chi connectivity index (χ2v) is 4.02. The largest absolute Gasteiger partial charge is 0.396 e. The molecule has 0 saturated heterocycles. The number of hydrogen-bond acceptors (Lipinski definition) is 4. The van der Waals surface area contributed by atoms with Crippen LogP contribution in [0.1, 0.15) is 46.0 Å². The quantitative estimate of drug-likeness (QED) is 0.422. The first kappa shape index (κ1) is 15.8. The molecule has 4 heteroatoms. The lowest BCUT2D eigenvalue weighted by Gasteiger charge is -2.16. The summed E-state index contributed by atoms with van der Waals surface area (Å²) in [4.78, 5) is 0. The molecular formula is C12H26O4. The highest BCUT2D eigenvalue weighted by Gasteiger charge is 2.07. The van der Waals surface area contributed by atoms with Crippen molar-refractivity contribution in [3.05, 3.63) is 0 Å². The first-order valence-corrected chi connectivity index (χ1v) is 6.22. The van der Waals surface area contributed by atoms with Crippen molar-refractivity contribution in [1.29, 1.82) is 0 Å². The standard InChI is InChI=1S/C12H26O4/c1-3-12(14)16-11(2)10-15-9-7-5-4-6-8-13/h11-14H,3-10H2,1-2H3. The van der Waals surface area contributed by atoms with Gasteiger partial charge in [0.05, 0.1) is 12.7 Å². The van der Waals surface area contributed by atoms with Gasteiger partial charge in [-0.3, -0.25) is 0 Å². The summed E-state index contributed by atoms with van der Waals surface area (Å²) in [5, 5.41) is 17.8. The topological polar surface area (TPSA) is 58.9 Å². The van der Waals surface area contributed by atoms with Crippen LogP contribution in [0.15, 0.2) is 0 Å². The van der Waals surface area contributed by atoms with Crippen LogP contribution in [-0.4, -0.2) is 42.4 Å². The molecule has 4 nitrogen and oxygen atoms in total. The predicted octanol–water partition coefficient (Wildman–Crippen LogP) is 1.69. The van der Waals surface area contributed by atoms with Crippen molar-refractivity contribution in [1.82, 2.24) is 0 Å². The Labute approximate surface area is 98.6 Å². The van der Waals surface area contributed by atoms with Crippen molar-refractivity contribution >= 4 is 0 Å². The average Bonchev–Trinajstić information content (AvgIpc) is 2.27. The smallest absolute Gasteiger partial charge is 0.154 e. The number of ether oxygens (including phenoxy) is 2. The lowest BCUT2D eigenvalue weighted by Crippen LogP contribution is -2.23. The molecule has 0 heterocycles. The van der Waals surface area contributed by atoms with Gasteiger partial charge in [0.1, 0.15) is 0 Å². The number of rotatable bonds is 11. The number of unbranched alkanes of at least 4 members (excludes halogenated alkanes) is 3. The summed E-state index contributed by atoms with van der Waals surface area (Å²) in [5.41, 5.74) is 0. The van der Waals surface area contributed by atoms with E-state index in [2.05, 4.69) is 0 Å².